The summed E-state index contributed by atoms with van der Waals surface area (Å²) >= 11 is 0. The van der Waals surface area contributed by atoms with Gasteiger partial charge in [0.25, 0.3) is 0 Å². The minimum Gasteiger partial charge on any atom is -0.490 e. The number of hydrogen-bond acceptors (Lipinski definition) is 5. The summed E-state index contributed by atoms with van der Waals surface area (Å²) < 4.78 is 6.11. The highest BCUT2D eigenvalue weighted by atomic mass is 16.5. The Bertz CT molecular complexity index is 602. The van der Waals surface area contributed by atoms with Gasteiger partial charge in [0.2, 0.25) is 0 Å². The third-order valence-corrected chi connectivity index (χ3v) is 4.69. The second-order valence-corrected chi connectivity index (χ2v) is 7.87. The molecule has 7 heteroatoms. The van der Waals surface area contributed by atoms with E-state index in [0.717, 1.165) is 5.69 Å². The van der Waals surface area contributed by atoms with Crippen molar-refractivity contribution in [2.75, 3.05) is 25.0 Å². The molecule has 3 unspecified atom stereocenters. The van der Waals surface area contributed by atoms with Crippen molar-refractivity contribution < 1.29 is 24.9 Å². The Hall–Kier alpha value is -1.99. The molecule has 1 amide bonds. The van der Waals surface area contributed by atoms with Crippen molar-refractivity contribution in [2.45, 2.75) is 51.9 Å². The van der Waals surface area contributed by atoms with Gasteiger partial charge in [0.1, 0.15) is 11.9 Å². The fraction of sp³-hybridized carbons (Fsp3) is 0.632. The Morgan fingerprint density at radius 3 is 2.77 bits per heavy atom. The monoisotopic (exact) mass is 366 g/mol. The van der Waals surface area contributed by atoms with Gasteiger partial charge in [0.05, 0.1) is 12.7 Å². The minimum absolute atomic E-state index is 0.0480. The summed E-state index contributed by atoms with van der Waals surface area (Å²) in [5, 5.41) is 30.8. The van der Waals surface area contributed by atoms with E-state index in [1.165, 1.54) is 4.90 Å². The zero-order chi connectivity index (χ0) is 19.3. The van der Waals surface area contributed by atoms with E-state index in [9.17, 15) is 15.0 Å². The quantitative estimate of drug-likeness (QED) is 0.617. The molecular weight excluding hydrogens is 336 g/mol. The van der Waals surface area contributed by atoms with Crippen LogP contribution in [0.3, 0.4) is 0 Å². The van der Waals surface area contributed by atoms with Crippen molar-refractivity contribution in [3.05, 3.63) is 24.3 Å². The molecule has 0 saturated carbocycles. The minimum atomic E-state index is -0.878. The topological polar surface area (TPSA) is 102 Å². The van der Waals surface area contributed by atoms with Gasteiger partial charge < -0.3 is 30.3 Å². The molecule has 2 rings (SSSR count). The van der Waals surface area contributed by atoms with E-state index >= 15 is 0 Å². The largest absolute Gasteiger partial charge is 0.490 e. The summed E-state index contributed by atoms with van der Waals surface area (Å²) in [6.45, 7) is 6.57. The highest BCUT2D eigenvalue weighted by Crippen LogP contribution is 2.34. The van der Waals surface area contributed by atoms with Gasteiger partial charge >= 0.3 is 6.09 Å². The highest BCUT2D eigenvalue weighted by molar-refractivity contribution is 5.65. The van der Waals surface area contributed by atoms with Gasteiger partial charge in [-0.3, -0.25) is 0 Å². The maximum absolute atomic E-state index is 11.5. The summed E-state index contributed by atoms with van der Waals surface area (Å²) in [4.78, 5) is 13.0. The molecule has 0 spiro atoms. The van der Waals surface area contributed by atoms with E-state index in [1.54, 1.807) is 0 Å². The van der Waals surface area contributed by atoms with Crippen LogP contribution in [0.1, 0.15) is 33.6 Å². The number of nitrogens with zero attached hydrogens (tertiary/aromatic N) is 1. The smallest absolute Gasteiger partial charge is 0.407 e. The number of likely N-dealkylation sites (tertiary alicyclic amines) is 1. The van der Waals surface area contributed by atoms with E-state index in [4.69, 9.17) is 9.84 Å². The van der Waals surface area contributed by atoms with Crippen LogP contribution in [0.25, 0.3) is 0 Å². The molecule has 26 heavy (non-hydrogen) atoms. The Morgan fingerprint density at radius 1 is 1.42 bits per heavy atom. The molecule has 3 atom stereocenters. The Kier molecular flexibility index (Phi) is 6.72. The van der Waals surface area contributed by atoms with E-state index in [1.807, 2.05) is 45.0 Å². The number of anilines is 1. The lowest BCUT2D eigenvalue weighted by Gasteiger charge is -2.44. The van der Waals surface area contributed by atoms with Crippen molar-refractivity contribution >= 4 is 11.8 Å². The standard InChI is InChI=1S/C19H30N2O5/c1-19(2,3)17-10-16(7-8-21(17)18(24)25)26-15-6-4-5-13(9-15)20-11-14(23)12-22/h4-6,9,14,16-17,20,22-23H,7-8,10-12H2,1-3H3,(H,24,25). The number of carboxylic acid groups (broad SMARTS) is 1. The SMILES string of the molecule is CC(C)(C)C1CC(Oc2cccc(NCC(O)CO)c2)CCN1C(=O)O. The summed E-state index contributed by atoms with van der Waals surface area (Å²) in [6.07, 6.45) is -0.436. The first-order chi connectivity index (χ1) is 12.2. The highest BCUT2D eigenvalue weighted by Gasteiger charge is 2.39. The van der Waals surface area contributed by atoms with Crippen molar-refractivity contribution in [1.82, 2.24) is 4.90 Å². The second-order valence-electron chi connectivity index (χ2n) is 7.87. The van der Waals surface area contributed by atoms with Crippen molar-refractivity contribution in [1.29, 1.82) is 0 Å². The Labute approximate surface area is 154 Å². The van der Waals surface area contributed by atoms with Gasteiger partial charge in [-0.25, -0.2) is 4.79 Å². The lowest BCUT2D eigenvalue weighted by Crippen LogP contribution is -2.53. The number of amides is 1. The first kappa shape index (κ1) is 20.3. The van der Waals surface area contributed by atoms with E-state index < -0.39 is 12.2 Å². The molecule has 1 fully saturated rings. The average molecular weight is 366 g/mol. The van der Waals surface area contributed by atoms with Gasteiger partial charge in [-0.2, -0.15) is 0 Å². The normalized spacial score (nSPS) is 22.0. The molecule has 0 aromatic heterocycles. The first-order valence-electron chi connectivity index (χ1n) is 8.99. The molecule has 4 N–H and O–H groups in total. The number of rotatable bonds is 6. The van der Waals surface area contributed by atoms with Crippen molar-refractivity contribution in [3.8, 4) is 5.75 Å². The molecule has 0 aliphatic carbocycles. The maximum Gasteiger partial charge on any atom is 0.407 e. The number of carbonyl (C=O) groups is 1. The molecule has 1 saturated heterocycles. The third kappa shape index (κ3) is 5.51. The van der Waals surface area contributed by atoms with E-state index in [-0.39, 0.29) is 30.7 Å². The summed E-state index contributed by atoms with van der Waals surface area (Å²) in [5.41, 5.74) is 0.634. The van der Waals surface area contributed by atoms with E-state index in [2.05, 4.69) is 5.32 Å². The molecule has 1 aliphatic heterocycles. The predicted molar refractivity (Wildman–Crippen MR) is 99.6 cm³/mol. The van der Waals surface area contributed by atoms with Crippen LogP contribution in [0.15, 0.2) is 24.3 Å². The zero-order valence-corrected chi connectivity index (χ0v) is 15.7. The van der Waals surface area contributed by atoms with Crippen molar-refractivity contribution in [2.24, 2.45) is 5.41 Å². The summed E-state index contributed by atoms with van der Waals surface area (Å²) in [6, 6.07) is 7.33. The van der Waals surface area contributed by atoms with Gasteiger partial charge in [0, 0.05) is 43.7 Å². The second kappa shape index (κ2) is 8.60. The van der Waals surface area contributed by atoms with Crippen LogP contribution < -0.4 is 10.1 Å². The van der Waals surface area contributed by atoms with Gasteiger partial charge in [0.15, 0.2) is 0 Å². The van der Waals surface area contributed by atoms with Crippen LogP contribution in [-0.4, -0.2) is 64.3 Å². The molecule has 1 heterocycles. The lowest BCUT2D eigenvalue weighted by atomic mass is 9.80. The van der Waals surface area contributed by atoms with E-state index in [0.29, 0.717) is 25.1 Å². The first-order valence-corrected chi connectivity index (χ1v) is 8.99. The zero-order valence-electron chi connectivity index (χ0n) is 15.7. The van der Waals surface area contributed by atoms with Crippen LogP contribution in [0, 0.1) is 5.41 Å². The predicted octanol–water partition coefficient (Wildman–Crippen LogP) is 2.39. The number of aliphatic hydroxyl groups excluding tert-OH is 2. The fourth-order valence-electron chi connectivity index (χ4n) is 3.26. The van der Waals surface area contributed by atoms with Crippen LogP contribution in [0.2, 0.25) is 0 Å². The molecule has 1 aliphatic rings. The Morgan fingerprint density at radius 2 is 2.15 bits per heavy atom. The third-order valence-electron chi connectivity index (χ3n) is 4.69. The molecule has 0 bridgehead atoms. The Balaban J connectivity index is 2.01. The number of piperidine rings is 1. The summed E-state index contributed by atoms with van der Waals surface area (Å²) in [5.74, 6) is 0.704. The lowest BCUT2D eigenvalue weighted by molar-refractivity contribution is 0.0130. The molecule has 0 radical (unpaired) electrons. The van der Waals surface area contributed by atoms with Crippen LogP contribution >= 0.6 is 0 Å². The molecular formula is C19H30N2O5. The number of benzene rings is 1. The van der Waals surface area contributed by atoms with Crippen LogP contribution in [0.4, 0.5) is 10.5 Å². The number of nitrogens with one attached hydrogen (secondary N) is 1. The fourth-order valence-corrected chi connectivity index (χ4v) is 3.26. The number of ether oxygens (including phenoxy) is 1. The molecule has 1 aromatic carbocycles. The maximum atomic E-state index is 11.5. The van der Waals surface area contributed by atoms with Crippen LogP contribution in [0.5, 0.6) is 5.75 Å². The van der Waals surface area contributed by atoms with Crippen molar-refractivity contribution in [3.63, 3.8) is 0 Å². The summed E-state index contributed by atoms with van der Waals surface area (Å²) in [7, 11) is 0. The molecule has 1 aromatic rings. The van der Waals surface area contributed by atoms with Gasteiger partial charge in [-0.05, 0) is 17.5 Å². The van der Waals surface area contributed by atoms with Gasteiger partial charge in [-0.1, -0.05) is 26.8 Å². The number of aliphatic hydroxyl groups is 2. The molecule has 7 nitrogen and oxygen atoms in total. The molecule has 146 valence electrons. The van der Waals surface area contributed by atoms with Crippen LogP contribution in [-0.2, 0) is 0 Å². The average Bonchev–Trinajstić information content (AvgIpc) is 2.59. The number of hydrogen-bond donors (Lipinski definition) is 4. The van der Waals surface area contributed by atoms with Gasteiger partial charge in [-0.15, -0.1) is 0 Å².